The van der Waals surface area contributed by atoms with Crippen molar-refractivity contribution in [3.8, 4) is 5.75 Å². The second kappa shape index (κ2) is 4.85. The number of ether oxygens (including phenoxy) is 1. The number of rotatable bonds is 1. The number of benzene rings is 3. The number of carbonyl (C=O) groups is 1. The summed E-state index contributed by atoms with van der Waals surface area (Å²) in [5, 5.41) is 12.0. The third kappa shape index (κ3) is 1.91. The summed E-state index contributed by atoms with van der Waals surface area (Å²) in [6.45, 7) is 0. The van der Waals surface area contributed by atoms with Crippen LogP contribution in [0.3, 0.4) is 0 Å². The molecule has 0 spiro atoms. The minimum atomic E-state index is -0.480. The predicted molar refractivity (Wildman–Crippen MR) is 87.0 cm³/mol. The molecule has 1 atom stereocenters. The van der Waals surface area contributed by atoms with Gasteiger partial charge < -0.3 is 9.84 Å². The van der Waals surface area contributed by atoms with Crippen LogP contribution in [0.1, 0.15) is 27.6 Å². The number of carbonyl (C=O) groups excluding carboxylic acids is 1. The Hall–Kier alpha value is -2.33. The Morgan fingerprint density at radius 1 is 1.05 bits per heavy atom. The molecule has 0 aromatic heterocycles. The summed E-state index contributed by atoms with van der Waals surface area (Å²) >= 11 is 3.43. The fraction of sp³-hybridized carbons (Fsp3) is 0.0556. The molecule has 3 nitrogen and oxygen atoms in total. The maximum atomic E-state index is 12.2. The molecule has 1 unspecified atom stereocenters. The highest BCUT2D eigenvalue weighted by atomic mass is 79.9. The summed E-state index contributed by atoms with van der Waals surface area (Å²) < 4.78 is 6.41. The topological polar surface area (TPSA) is 46.5 Å². The van der Waals surface area contributed by atoms with Crippen molar-refractivity contribution in [1.82, 2.24) is 0 Å². The van der Waals surface area contributed by atoms with Gasteiger partial charge in [0.05, 0.1) is 0 Å². The molecule has 0 amide bonds. The first-order chi connectivity index (χ1) is 10.6. The molecule has 1 aliphatic heterocycles. The lowest BCUT2D eigenvalue weighted by Crippen LogP contribution is -2.00. The molecule has 0 aliphatic carbocycles. The molecule has 4 rings (SSSR count). The van der Waals surface area contributed by atoms with E-state index in [1.165, 1.54) is 0 Å². The zero-order valence-corrected chi connectivity index (χ0v) is 13.0. The molecule has 108 valence electrons. The van der Waals surface area contributed by atoms with Crippen LogP contribution in [0.15, 0.2) is 59.1 Å². The summed E-state index contributed by atoms with van der Waals surface area (Å²) in [7, 11) is 0. The number of phenolic OH excluding ortho intramolecular Hbond substituents is 1. The van der Waals surface area contributed by atoms with Crippen molar-refractivity contribution in [1.29, 1.82) is 0 Å². The fourth-order valence-electron chi connectivity index (χ4n) is 2.91. The fourth-order valence-corrected chi connectivity index (χ4v) is 3.28. The van der Waals surface area contributed by atoms with Gasteiger partial charge in [0, 0.05) is 15.4 Å². The van der Waals surface area contributed by atoms with Crippen LogP contribution in [0.25, 0.3) is 10.8 Å². The Morgan fingerprint density at radius 2 is 1.82 bits per heavy atom. The van der Waals surface area contributed by atoms with Gasteiger partial charge in [0.15, 0.2) is 6.10 Å². The van der Waals surface area contributed by atoms with Gasteiger partial charge in [-0.2, -0.15) is 0 Å². The maximum Gasteiger partial charge on any atom is 0.343 e. The van der Waals surface area contributed by atoms with Gasteiger partial charge in [-0.15, -0.1) is 0 Å². The van der Waals surface area contributed by atoms with Crippen molar-refractivity contribution in [3.63, 3.8) is 0 Å². The number of hydrogen-bond donors (Lipinski definition) is 1. The van der Waals surface area contributed by atoms with E-state index in [9.17, 15) is 9.90 Å². The van der Waals surface area contributed by atoms with E-state index in [2.05, 4.69) is 15.9 Å². The largest absolute Gasteiger partial charge is 0.506 e. The highest BCUT2D eigenvalue weighted by Crippen LogP contribution is 2.43. The van der Waals surface area contributed by atoms with Gasteiger partial charge in [0.2, 0.25) is 0 Å². The average Bonchev–Trinajstić information content (AvgIpc) is 2.85. The van der Waals surface area contributed by atoms with Crippen molar-refractivity contribution in [2.24, 2.45) is 0 Å². The van der Waals surface area contributed by atoms with E-state index in [1.807, 2.05) is 48.5 Å². The van der Waals surface area contributed by atoms with Crippen LogP contribution in [-0.2, 0) is 4.74 Å². The lowest BCUT2D eigenvalue weighted by Gasteiger charge is -2.12. The third-order valence-electron chi connectivity index (χ3n) is 3.92. The number of aromatic hydroxyl groups is 1. The third-order valence-corrected chi connectivity index (χ3v) is 4.41. The number of cyclic esters (lactones) is 1. The van der Waals surface area contributed by atoms with Gasteiger partial charge in [-0.1, -0.05) is 46.3 Å². The highest BCUT2D eigenvalue weighted by molar-refractivity contribution is 9.10. The molecule has 0 bridgehead atoms. The van der Waals surface area contributed by atoms with Crippen molar-refractivity contribution in [2.45, 2.75) is 6.10 Å². The van der Waals surface area contributed by atoms with Crippen molar-refractivity contribution >= 4 is 32.7 Å². The molecule has 0 saturated heterocycles. The van der Waals surface area contributed by atoms with Crippen molar-refractivity contribution < 1.29 is 14.6 Å². The minimum absolute atomic E-state index is 0.0107. The molecule has 0 fully saturated rings. The zero-order valence-electron chi connectivity index (χ0n) is 11.4. The molecular weight excluding hydrogens is 344 g/mol. The average molecular weight is 355 g/mol. The van der Waals surface area contributed by atoms with E-state index in [-0.39, 0.29) is 11.3 Å². The Kier molecular flexibility index (Phi) is 2.94. The van der Waals surface area contributed by atoms with E-state index in [0.29, 0.717) is 10.9 Å². The number of phenols is 1. The Balaban J connectivity index is 2.00. The van der Waals surface area contributed by atoms with Gasteiger partial charge in [-0.3, -0.25) is 0 Å². The van der Waals surface area contributed by atoms with Crippen molar-refractivity contribution in [3.05, 3.63) is 75.8 Å². The molecule has 22 heavy (non-hydrogen) atoms. The summed E-state index contributed by atoms with van der Waals surface area (Å²) in [5.41, 5.74) is 1.87. The lowest BCUT2D eigenvalue weighted by atomic mass is 9.95. The number of fused-ring (bicyclic) bond motifs is 2. The summed E-state index contributed by atoms with van der Waals surface area (Å²) in [6, 6.07) is 17.0. The molecule has 1 heterocycles. The standard InChI is InChI=1S/C18H11BrO3/c19-12-6-7-13-11(8-12)9-14-15(16(13)20)18(21)22-17(14)10-4-2-1-3-5-10/h1-9,17,20H. The first-order valence-electron chi connectivity index (χ1n) is 6.86. The van der Waals surface area contributed by atoms with Gasteiger partial charge in [0.25, 0.3) is 0 Å². The Labute approximate surface area is 135 Å². The van der Waals surface area contributed by atoms with Crippen LogP contribution in [-0.4, -0.2) is 11.1 Å². The molecule has 1 N–H and O–H groups in total. The van der Waals surface area contributed by atoms with Gasteiger partial charge >= 0.3 is 5.97 Å². The molecule has 3 aromatic rings. The normalized spacial score (nSPS) is 16.6. The van der Waals surface area contributed by atoms with Crippen LogP contribution in [0.4, 0.5) is 0 Å². The Morgan fingerprint density at radius 3 is 2.59 bits per heavy atom. The second-order valence-corrected chi connectivity index (χ2v) is 6.17. The van der Waals surface area contributed by atoms with Gasteiger partial charge in [-0.25, -0.2) is 4.79 Å². The summed E-state index contributed by atoms with van der Waals surface area (Å²) in [6.07, 6.45) is -0.474. The maximum absolute atomic E-state index is 12.2. The van der Waals surface area contributed by atoms with Crippen LogP contribution in [0, 0.1) is 0 Å². The summed E-state index contributed by atoms with van der Waals surface area (Å²) in [5.74, 6) is -0.491. The molecule has 0 saturated carbocycles. The van der Waals surface area contributed by atoms with Crippen LogP contribution >= 0.6 is 15.9 Å². The van der Waals surface area contributed by atoms with E-state index in [1.54, 1.807) is 6.07 Å². The van der Waals surface area contributed by atoms with Crippen molar-refractivity contribution in [2.75, 3.05) is 0 Å². The predicted octanol–water partition coefficient (Wildman–Crippen LogP) is 4.57. The van der Waals surface area contributed by atoms with Crippen LogP contribution < -0.4 is 0 Å². The summed E-state index contributed by atoms with van der Waals surface area (Å²) in [4.78, 5) is 12.2. The quantitative estimate of drug-likeness (QED) is 0.651. The Bertz CT molecular complexity index is 903. The SMILES string of the molecule is O=C1OC(c2ccccc2)c2cc3cc(Br)ccc3c(O)c21. The number of esters is 1. The second-order valence-electron chi connectivity index (χ2n) is 5.25. The van der Waals surface area contributed by atoms with Gasteiger partial charge in [-0.05, 0) is 35.2 Å². The molecular formula is C18H11BrO3. The van der Waals surface area contributed by atoms with E-state index >= 15 is 0 Å². The van der Waals surface area contributed by atoms with Gasteiger partial charge in [0.1, 0.15) is 11.3 Å². The highest BCUT2D eigenvalue weighted by Gasteiger charge is 2.35. The number of halogens is 1. The van der Waals surface area contributed by atoms with E-state index in [4.69, 9.17) is 4.74 Å². The molecule has 4 heteroatoms. The molecule has 3 aromatic carbocycles. The van der Waals surface area contributed by atoms with E-state index in [0.717, 1.165) is 15.4 Å². The molecule has 0 radical (unpaired) electrons. The smallest absolute Gasteiger partial charge is 0.343 e. The number of hydrogen-bond acceptors (Lipinski definition) is 3. The molecule has 1 aliphatic rings. The first-order valence-corrected chi connectivity index (χ1v) is 7.65. The zero-order chi connectivity index (χ0) is 15.3. The van der Waals surface area contributed by atoms with E-state index < -0.39 is 12.1 Å². The monoisotopic (exact) mass is 354 g/mol. The minimum Gasteiger partial charge on any atom is -0.506 e. The lowest BCUT2D eigenvalue weighted by molar-refractivity contribution is 0.0454. The first kappa shape index (κ1) is 13.3. The van der Waals surface area contributed by atoms with Crippen LogP contribution in [0.5, 0.6) is 5.75 Å². The van der Waals surface area contributed by atoms with Crippen LogP contribution in [0.2, 0.25) is 0 Å².